The van der Waals surface area contributed by atoms with Crippen LogP contribution in [0.3, 0.4) is 0 Å². The van der Waals surface area contributed by atoms with Crippen LogP contribution < -0.4 is 11.1 Å². The van der Waals surface area contributed by atoms with Crippen LogP contribution in [-0.4, -0.2) is 35.0 Å². The summed E-state index contributed by atoms with van der Waals surface area (Å²) in [5.41, 5.74) is 6.71. The molecule has 0 fully saturated rings. The number of carbonyl (C=O) groups excluding carboxylic acids is 1. The van der Waals surface area contributed by atoms with Gasteiger partial charge in [-0.15, -0.1) is 0 Å². The maximum atomic E-state index is 12.5. The number of nitrogens with two attached hydrogens (primary N) is 1. The lowest BCUT2D eigenvalue weighted by molar-refractivity contribution is 0.103. The molecule has 0 unspecified atom stereocenters. The van der Waals surface area contributed by atoms with Crippen LogP contribution in [0.2, 0.25) is 5.02 Å². The van der Waals surface area contributed by atoms with Crippen LogP contribution in [-0.2, 0) is 6.54 Å². The lowest BCUT2D eigenvalue weighted by Crippen LogP contribution is -2.27. The third-order valence-corrected chi connectivity index (χ3v) is 5.59. The molecule has 0 bridgehead atoms. The zero-order valence-corrected chi connectivity index (χ0v) is 16.1. The van der Waals surface area contributed by atoms with Crippen molar-refractivity contribution in [2.45, 2.75) is 20.4 Å². The van der Waals surface area contributed by atoms with Crippen LogP contribution in [0.25, 0.3) is 0 Å². The van der Waals surface area contributed by atoms with Crippen molar-refractivity contribution in [3.8, 4) is 0 Å². The molecule has 1 heterocycles. The molecule has 0 saturated heterocycles. The number of nitrogens with one attached hydrogen (secondary N) is 1. The first-order valence-corrected chi connectivity index (χ1v) is 9.35. The van der Waals surface area contributed by atoms with Crippen molar-refractivity contribution in [1.82, 2.24) is 9.47 Å². The van der Waals surface area contributed by atoms with Gasteiger partial charge in [0.2, 0.25) is 0 Å². The van der Waals surface area contributed by atoms with Gasteiger partial charge in [-0.25, -0.2) is 0 Å². The number of thiazole rings is 1. The highest BCUT2D eigenvalue weighted by Crippen LogP contribution is 2.26. The molecule has 8 heteroatoms. The van der Waals surface area contributed by atoms with E-state index < -0.39 is 0 Å². The molecule has 0 radical (unpaired) electrons. The van der Waals surface area contributed by atoms with Crippen molar-refractivity contribution in [3.05, 3.63) is 38.1 Å². The van der Waals surface area contributed by atoms with Gasteiger partial charge in [0.15, 0.2) is 3.95 Å². The molecule has 0 aliphatic carbocycles. The highest BCUT2D eigenvalue weighted by atomic mass is 35.5. The number of nitrogen functional groups attached to an aromatic ring is 1. The number of amides is 1. The summed E-state index contributed by atoms with van der Waals surface area (Å²) in [7, 11) is 0. The fourth-order valence-electron chi connectivity index (χ4n) is 2.31. The summed E-state index contributed by atoms with van der Waals surface area (Å²) < 4.78 is 2.42. The summed E-state index contributed by atoms with van der Waals surface area (Å²) in [6.45, 7) is 7.67. The summed E-state index contributed by atoms with van der Waals surface area (Å²) in [4.78, 5) is 15.2. The van der Waals surface area contributed by atoms with Gasteiger partial charge < -0.3 is 20.5 Å². The Kier molecular flexibility index (Phi) is 6.79. The number of likely N-dealkylation sites (N-methyl/N-ethyl adjacent to an activating group) is 1. The maximum absolute atomic E-state index is 12.5. The molecule has 1 aromatic carbocycles. The van der Waals surface area contributed by atoms with Crippen molar-refractivity contribution in [2.75, 3.05) is 30.7 Å². The Morgan fingerprint density at radius 2 is 2.04 bits per heavy atom. The number of hydrogen-bond donors (Lipinski definition) is 2. The van der Waals surface area contributed by atoms with Gasteiger partial charge in [0.05, 0.1) is 10.7 Å². The zero-order valence-electron chi connectivity index (χ0n) is 13.7. The molecule has 0 aliphatic rings. The van der Waals surface area contributed by atoms with Crippen LogP contribution >= 0.6 is 35.2 Å². The summed E-state index contributed by atoms with van der Waals surface area (Å²) in [6.07, 6.45) is 0. The molecule has 5 nitrogen and oxygen atoms in total. The third-order valence-electron chi connectivity index (χ3n) is 3.80. The highest BCUT2D eigenvalue weighted by Gasteiger charge is 2.18. The maximum Gasteiger partial charge on any atom is 0.269 e. The van der Waals surface area contributed by atoms with Crippen molar-refractivity contribution in [1.29, 1.82) is 0 Å². The van der Waals surface area contributed by atoms with Gasteiger partial charge in [-0.2, -0.15) is 0 Å². The van der Waals surface area contributed by atoms with Crippen LogP contribution in [0.15, 0.2) is 24.3 Å². The van der Waals surface area contributed by atoms with E-state index in [-0.39, 0.29) is 5.91 Å². The van der Waals surface area contributed by atoms with E-state index in [0.717, 1.165) is 19.6 Å². The summed E-state index contributed by atoms with van der Waals surface area (Å²) in [5.74, 6) is 0.111. The van der Waals surface area contributed by atoms with Gasteiger partial charge >= 0.3 is 0 Å². The van der Waals surface area contributed by atoms with Gasteiger partial charge in [0.1, 0.15) is 10.7 Å². The Balaban J connectivity index is 2.17. The number of benzene rings is 1. The molecule has 0 aliphatic heterocycles. The van der Waals surface area contributed by atoms with Crippen molar-refractivity contribution < 1.29 is 4.79 Å². The second kappa shape index (κ2) is 8.62. The summed E-state index contributed by atoms with van der Waals surface area (Å²) in [5, 5.41) is 3.27. The molecule has 0 atom stereocenters. The van der Waals surface area contributed by atoms with Crippen LogP contribution in [0.4, 0.5) is 11.5 Å². The van der Waals surface area contributed by atoms with Gasteiger partial charge in [-0.05, 0) is 37.4 Å². The molecule has 130 valence electrons. The van der Waals surface area contributed by atoms with Crippen molar-refractivity contribution in [2.24, 2.45) is 0 Å². The number of hydrogen-bond acceptors (Lipinski definition) is 5. The van der Waals surface area contributed by atoms with Crippen molar-refractivity contribution in [3.63, 3.8) is 0 Å². The first-order chi connectivity index (χ1) is 11.5. The molecule has 1 aromatic heterocycles. The number of nitrogens with zero attached hydrogens (tertiary/aromatic N) is 2. The minimum Gasteiger partial charge on any atom is -0.384 e. The standard InChI is InChI=1S/C16H21ClN4OS2/c1-3-20(4-2)9-10-21-14(18)13(24-16(21)23)15(22)19-12-8-6-5-7-11(12)17/h5-8H,3-4,9-10,18H2,1-2H3,(H,19,22). The molecule has 3 N–H and O–H groups in total. The smallest absolute Gasteiger partial charge is 0.269 e. The largest absolute Gasteiger partial charge is 0.384 e. The second-order valence-corrected chi connectivity index (χ2v) is 7.25. The third kappa shape index (κ3) is 4.36. The fourth-order valence-corrected chi connectivity index (χ4v) is 3.77. The number of carbonyl (C=O) groups is 1. The van der Waals surface area contributed by atoms with Gasteiger partial charge in [0, 0.05) is 13.1 Å². The topological polar surface area (TPSA) is 63.3 Å². The van der Waals surface area contributed by atoms with E-state index in [9.17, 15) is 4.79 Å². The van der Waals surface area contributed by atoms with E-state index in [0.29, 0.717) is 31.9 Å². The number of rotatable bonds is 7. The molecule has 2 aromatic rings. The highest BCUT2D eigenvalue weighted by molar-refractivity contribution is 7.73. The van der Waals surface area contributed by atoms with Crippen LogP contribution in [0.5, 0.6) is 0 Å². The van der Waals surface area contributed by atoms with E-state index in [1.807, 2.05) is 10.6 Å². The first-order valence-electron chi connectivity index (χ1n) is 7.75. The Morgan fingerprint density at radius 1 is 1.38 bits per heavy atom. The minimum absolute atomic E-state index is 0.293. The Bertz CT molecular complexity index is 768. The monoisotopic (exact) mass is 384 g/mol. The fraction of sp³-hybridized carbons (Fsp3) is 0.375. The summed E-state index contributed by atoms with van der Waals surface area (Å²) in [6, 6.07) is 7.08. The average molecular weight is 385 g/mol. The molecule has 0 saturated carbocycles. The van der Waals surface area contributed by atoms with E-state index >= 15 is 0 Å². The van der Waals surface area contributed by atoms with Gasteiger partial charge in [0.25, 0.3) is 5.91 Å². The number of halogens is 1. The molecular formula is C16H21ClN4OS2. The normalized spacial score (nSPS) is 11.0. The van der Waals surface area contributed by atoms with E-state index in [1.54, 1.807) is 18.2 Å². The zero-order chi connectivity index (χ0) is 17.7. The number of anilines is 2. The van der Waals surface area contributed by atoms with Crippen LogP contribution in [0.1, 0.15) is 23.5 Å². The first kappa shape index (κ1) is 18.9. The molecule has 1 amide bonds. The van der Waals surface area contributed by atoms with Gasteiger partial charge in [-0.3, -0.25) is 4.79 Å². The Hall–Kier alpha value is -1.41. The minimum atomic E-state index is -0.293. The molecule has 0 spiro atoms. The van der Waals surface area contributed by atoms with Crippen LogP contribution in [0, 0.1) is 3.95 Å². The Labute approximate surface area is 156 Å². The predicted octanol–water partition coefficient (Wildman–Crippen LogP) is 4.11. The second-order valence-electron chi connectivity index (χ2n) is 5.19. The quantitative estimate of drug-likeness (QED) is 0.705. The molecule has 2 rings (SSSR count). The SMILES string of the molecule is CCN(CC)CCn1c(N)c(C(=O)Nc2ccccc2Cl)sc1=S. The number of para-hydroxylation sites is 1. The lowest BCUT2D eigenvalue weighted by atomic mass is 10.3. The average Bonchev–Trinajstić information content (AvgIpc) is 2.85. The van der Waals surface area contributed by atoms with E-state index in [2.05, 4.69) is 24.1 Å². The predicted molar refractivity (Wildman–Crippen MR) is 105 cm³/mol. The van der Waals surface area contributed by atoms with Gasteiger partial charge in [-0.1, -0.05) is 48.9 Å². The lowest BCUT2D eigenvalue weighted by Gasteiger charge is -2.18. The number of aromatic nitrogens is 1. The Morgan fingerprint density at radius 3 is 2.67 bits per heavy atom. The van der Waals surface area contributed by atoms with Crippen molar-refractivity contribution >= 4 is 52.6 Å². The molecular weight excluding hydrogens is 364 g/mol. The molecule has 24 heavy (non-hydrogen) atoms. The van der Waals surface area contributed by atoms with E-state index in [1.165, 1.54) is 11.3 Å². The summed E-state index contributed by atoms with van der Waals surface area (Å²) >= 11 is 12.7. The van der Waals surface area contributed by atoms with E-state index in [4.69, 9.17) is 29.6 Å².